The number of hydrogen-bond acceptors (Lipinski definition) is 4. The fraction of sp³-hybridized carbons (Fsp3) is 0.864. The molecule has 162 valence electrons. The summed E-state index contributed by atoms with van der Waals surface area (Å²) in [6.07, 6.45) is 14.3. The van der Waals surface area contributed by atoms with Crippen molar-refractivity contribution in [3.05, 3.63) is 0 Å². The van der Waals surface area contributed by atoms with Crippen molar-refractivity contribution in [2.75, 3.05) is 12.3 Å². The molecule has 1 aliphatic rings. The molecule has 0 bridgehead atoms. The van der Waals surface area contributed by atoms with E-state index in [4.69, 9.17) is 0 Å². The molecule has 2 atom stereocenters. The second kappa shape index (κ2) is 14.9. The van der Waals surface area contributed by atoms with E-state index < -0.39 is 12.0 Å². The van der Waals surface area contributed by atoms with Crippen molar-refractivity contribution in [3.63, 3.8) is 0 Å². The molecular formula is C22H39NO4S. The summed E-state index contributed by atoms with van der Waals surface area (Å²) in [5.41, 5.74) is 0. The highest BCUT2D eigenvalue weighted by Gasteiger charge is 2.35. The molecule has 0 saturated carbocycles. The maximum Gasteiger partial charge on any atom is 0.326 e. The first-order valence-corrected chi connectivity index (χ1v) is 12.1. The zero-order chi connectivity index (χ0) is 20.8. The van der Waals surface area contributed by atoms with Crippen LogP contribution in [0.2, 0.25) is 0 Å². The van der Waals surface area contributed by atoms with Gasteiger partial charge in [0.25, 0.3) is 0 Å². The van der Waals surface area contributed by atoms with Crippen molar-refractivity contribution in [1.29, 1.82) is 0 Å². The Kier molecular flexibility index (Phi) is 13.3. The molecule has 28 heavy (non-hydrogen) atoms. The summed E-state index contributed by atoms with van der Waals surface area (Å²) >= 11 is 1.23. The van der Waals surface area contributed by atoms with Crippen LogP contribution in [0.15, 0.2) is 0 Å². The van der Waals surface area contributed by atoms with Crippen LogP contribution in [0.25, 0.3) is 0 Å². The SMILES string of the molecule is CCCCCCCCCCCCC(=O)SC[C@@H](C)C(=O)N1CCC[C@H]1C(=O)O. The molecule has 1 rings (SSSR count). The molecule has 0 aromatic heterocycles. The van der Waals surface area contributed by atoms with Gasteiger partial charge in [-0.3, -0.25) is 9.59 Å². The highest BCUT2D eigenvalue weighted by atomic mass is 32.2. The van der Waals surface area contributed by atoms with Crippen LogP contribution in [0.4, 0.5) is 0 Å². The number of carbonyl (C=O) groups excluding carboxylic acids is 2. The Morgan fingerprint density at radius 3 is 2.14 bits per heavy atom. The summed E-state index contributed by atoms with van der Waals surface area (Å²) in [5, 5.41) is 9.35. The van der Waals surface area contributed by atoms with Gasteiger partial charge in [-0.05, 0) is 19.3 Å². The minimum atomic E-state index is -0.928. The number of hydrogen-bond donors (Lipinski definition) is 1. The van der Waals surface area contributed by atoms with Crippen molar-refractivity contribution < 1.29 is 19.5 Å². The summed E-state index contributed by atoms with van der Waals surface area (Å²) in [4.78, 5) is 37.2. The number of amides is 1. The van der Waals surface area contributed by atoms with E-state index in [0.29, 0.717) is 25.1 Å². The van der Waals surface area contributed by atoms with Crippen molar-refractivity contribution >= 4 is 28.8 Å². The number of rotatable bonds is 15. The lowest BCUT2D eigenvalue weighted by molar-refractivity contribution is -0.149. The van der Waals surface area contributed by atoms with Crippen LogP contribution in [0.3, 0.4) is 0 Å². The lowest BCUT2D eigenvalue weighted by Crippen LogP contribution is -2.43. The highest BCUT2D eigenvalue weighted by Crippen LogP contribution is 2.22. The van der Waals surface area contributed by atoms with E-state index in [1.54, 1.807) is 6.92 Å². The molecule has 6 heteroatoms. The Labute approximate surface area is 175 Å². The lowest BCUT2D eigenvalue weighted by Gasteiger charge is -2.24. The maximum absolute atomic E-state index is 12.5. The number of carboxylic acid groups (broad SMARTS) is 1. The van der Waals surface area contributed by atoms with Crippen LogP contribution in [0, 0.1) is 5.92 Å². The molecule has 1 saturated heterocycles. The molecule has 0 radical (unpaired) electrons. The molecule has 1 amide bonds. The van der Waals surface area contributed by atoms with Crippen LogP contribution < -0.4 is 0 Å². The van der Waals surface area contributed by atoms with Crippen LogP contribution in [0.1, 0.15) is 97.3 Å². The maximum atomic E-state index is 12.5. The van der Waals surface area contributed by atoms with E-state index in [2.05, 4.69) is 6.92 Å². The summed E-state index contributed by atoms with van der Waals surface area (Å²) in [7, 11) is 0. The number of carbonyl (C=O) groups is 3. The fourth-order valence-electron chi connectivity index (χ4n) is 3.69. The highest BCUT2D eigenvalue weighted by molar-refractivity contribution is 8.13. The van der Waals surface area contributed by atoms with Crippen molar-refractivity contribution in [2.24, 2.45) is 5.92 Å². The predicted octanol–water partition coefficient (Wildman–Crippen LogP) is 5.27. The van der Waals surface area contributed by atoms with Crippen LogP contribution >= 0.6 is 11.8 Å². The molecule has 1 fully saturated rings. The van der Waals surface area contributed by atoms with Crippen LogP contribution in [0.5, 0.6) is 0 Å². The fourth-order valence-corrected chi connectivity index (χ4v) is 4.56. The first-order valence-electron chi connectivity index (χ1n) is 11.2. The van der Waals surface area contributed by atoms with Crippen molar-refractivity contribution in [2.45, 2.75) is 103 Å². The van der Waals surface area contributed by atoms with Gasteiger partial charge < -0.3 is 10.0 Å². The molecule has 0 unspecified atom stereocenters. The van der Waals surface area contributed by atoms with Gasteiger partial charge in [0.05, 0.1) is 0 Å². The van der Waals surface area contributed by atoms with Crippen molar-refractivity contribution in [3.8, 4) is 0 Å². The Bertz CT molecular complexity index is 483. The Morgan fingerprint density at radius 2 is 1.57 bits per heavy atom. The van der Waals surface area contributed by atoms with E-state index in [9.17, 15) is 19.5 Å². The number of carboxylic acids is 1. The van der Waals surface area contributed by atoms with Crippen LogP contribution in [-0.2, 0) is 14.4 Å². The number of unbranched alkanes of at least 4 members (excludes halogenated alkanes) is 9. The Morgan fingerprint density at radius 1 is 1.00 bits per heavy atom. The number of nitrogens with zero attached hydrogens (tertiary/aromatic N) is 1. The van der Waals surface area contributed by atoms with E-state index >= 15 is 0 Å². The molecule has 1 aliphatic heterocycles. The number of likely N-dealkylation sites (tertiary alicyclic amines) is 1. The topological polar surface area (TPSA) is 74.7 Å². The van der Waals surface area contributed by atoms with E-state index in [1.807, 2.05) is 0 Å². The largest absolute Gasteiger partial charge is 0.480 e. The average molecular weight is 414 g/mol. The number of thioether (sulfide) groups is 1. The van der Waals surface area contributed by atoms with Gasteiger partial charge in [0, 0.05) is 24.6 Å². The van der Waals surface area contributed by atoms with Gasteiger partial charge in [0.1, 0.15) is 6.04 Å². The molecule has 5 nitrogen and oxygen atoms in total. The zero-order valence-corrected chi connectivity index (χ0v) is 18.6. The average Bonchev–Trinajstić information content (AvgIpc) is 3.17. The molecule has 0 aromatic rings. The summed E-state index contributed by atoms with van der Waals surface area (Å²) in [5.74, 6) is -0.938. The van der Waals surface area contributed by atoms with Gasteiger partial charge in [0.15, 0.2) is 5.12 Å². The van der Waals surface area contributed by atoms with E-state index in [0.717, 1.165) is 19.3 Å². The number of aliphatic carboxylic acids is 1. The normalized spacial score (nSPS) is 17.6. The first-order chi connectivity index (χ1) is 13.5. The minimum absolute atomic E-state index is 0.135. The van der Waals surface area contributed by atoms with Gasteiger partial charge in [-0.15, -0.1) is 0 Å². The lowest BCUT2D eigenvalue weighted by atomic mass is 10.1. The Hall–Kier alpha value is -1.04. The van der Waals surface area contributed by atoms with Gasteiger partial charge >= 0.3 is 5.97 Å². The van der Waals surface area contributed by atoms with Crippen molar-refractivity contribution in [1.82, 2.24) is 4.90 Å². The predicted molar refractivity (Wildman–Crippen MR) is 115 cm³/mol. The molecule has 0 aromatic carbocycles. The third-order valence-corrected chi connectivity index (χ3v) is 6.66. The van der Waals surface area contributed by atoms with Gasteiger partial charge in [-0.1, -0.05) is 83.4 Å². The van der Waals surface area contributed by atoms with E-state index in [1.165, 1.54) is 68.0 Å². The third kappa shape index (κ3) is 9.94. The molecule has 1 N–H and O–H groups in total. The quantitative estimate of drug-likeness (QED) is 0.370. The van der Waals surface area contributed by atoms with E-state index in [-0.39, 0.29) is 16.9 Å². The first kappa shape index (κ1) is 25.0. The molecular weight excluding hydrogens is 374 g/mol. The third-order valence-electron chi connectivity index (χ3n) is 5.47. The second-order valence-corrected chi connectivity index (χ2v) is 9.12. The monoisotopic (exact) mass is 413 g/mol. The Balaban J connectivity index is 2.06. The van der Waals surface area contributed by atoms with Crippen LogP contribution in [-0.4, -0.2) is 45.3 Å². The van der Waals surface area contributed by atoms with Gasteiger partial charge in [0.2, 0.25) is 5.91 Å². The summed E-state index contributed by atoms with van der Waals surface area (Å²) in [6, 6.07) is -0.692. The minimum Gasteiger partial charge on any atom is -0.480 e. The molecule has 0 spiro atoms. The molecule has 1 heterocycles. The van der Waals surface area contributed by atoms with Gasteiger partial charge in [-0.2, -0.15) is 0 Å². The summed E-state index contributed by atoms with van der Waals surface area (Å²) in [6.45, 7) is 4.54. The summed E-state index contributed by atoms with van der Waals surface area (Å²) < 4.78 is 0. The standard InChI is InChI=1S/C22H39NO4S/c1-3-4-5-6-7-8-9-10-11-12-15-20(24)28-17-18(2)21(25)23-16-13-14-19(23)22(26)27/h18-19H,3-17H2,1-2H3,(H,26,27)/t18-,19+/m1/s1. The second-order valence-electron chi connectivity index (χ2n) is 8.04. The zero-order valence-electron chi connectivity index (χ0n) is 17.8. The smallest absolute Gasteiger partial charge is 0.326 e. The molecule has 0 aliphatic carbocycles. The van der Waals surface area contributed by atoms with Gasteiger partial charge in [-0.25, -0.2) is 4.79 Å².